The Morgan fingerprint density at radius 3 is 2.61 bits per heavy atom. The Morgan fingerprint density at radius 2 is 2.11 bits per heavy atom. The van der Waals surface area contributed by atoms with E-state index in [0.717, 1.165) is 12.1 Å². The number of carbonyl (C=O) groups excluding carboxylic acids is 1. The summed E-state index contributed by atoms with van der Waals surface area (Å²) in [4.78, 5) is 18.2. The standard InChI is InChI=1S/C15H20N2O/c1-4-12-9-14(18)17(10-12)15(11(2)3)13-5-7-16-8-6-13/h4-8,11-12,15H,1,9-10H2,2-3H3. The summed E-state index contributed by atoms with van der Waals surface area (Å²) in [6.45, 7) is 8.89. The average molecular weight is 244 g/mol. The van der Waals surface area contributed by atoms with Gasteiger partial charge < -0.3 is 4.90 Å². The van der Waals surface area contributed by atoms with Crippen molar-refractivity contribution < 1.29 is 4.79 Å². The number of likely N-dealkylation sites (tertiary alicyclic amines) is 1. The van der Waals surface area contributed by atoms with E-state index in [4.69, 9.17) is 0 Å². The van der Waals surface area contributed by atoms with Crippen molar-refractivity contribution in [3.05, 3.63) is 42.7 Å². The summed E-state index contributed by atoms with van der Waals surface area (Å²) in [5.41, 5.74) is 1.16. The molecule has 1 amide bonds. The Hall–Kier alpha value is -1.64. The smallest absolute Gasteiger partial charge is 0.223 e. The Morgan fingerprint density at radius 1 is 1.44 bits per heavy atom. The summed E-state index contributed by atoms with van der Waals surface area (Å²) in [5, 5.41) is 0. The van der Waals surface area contributed by atoms with E-state index in [-0.39, 0.29) is 11.9 Å². The van der Waals surface area contributed by atoms with Crippen LogP contribution in [0, 0.1) is 11.8 Å². The molecule has 0 aromatic carbocycles. The van der Waals surface area contributed by atoms with Crippen LogP contribution in [0.15, 0.2) is 37.2 Å². The molecule has 1 aromatic heterocycles. The first-order valence-electron chi connectivity index (χ1n) is 6.45. The molecule has 1 saturated heterocycles. The molecule has 0 saturated carbocycles. The van der Waals surface area contributed by atoms with Gasteiger partial charge in [-0.3, -0.25) is 9.78 Å². The van der Waals surface area contributed by atoms with E-state index < -0.39 is 0 Å². The van der Waals surface area contributed by atoms with Crippen LogP contribution in [-0.4, -0.2) is 22.3 Å². The number of carbonyl (C=O) groups is 1. The van der Waals surface area contributed by atoms with Crippen molar-refractivity contribution in [2.24, 2.45) is 11.8 Å². The van der Waals surface area contributed by atoms with Gasteiger partial charge in [0, 0.05) is 31.3 Å². The molecule has 0 bridgehead atoms. The zero-order valence-electron chi connectivity index (χ0n) is 11.0. The summed E-state index contributed by atoms with van der Waals surface area (Å²) in [6, 6.07) is 4.14. The lowest BCUT2D eigenvalue weighted by atomic mass is 9.95. The fourth-order valence-corrected chi connectivity index (χ4v) is 2.67. The van der Waals surface area contributed by atoms with Crippen molar-refractivity contribution in [2.75, 3.05) is 6.54 Å². The van der Waals surface area contributed by atoms with Gasteiger partial charge in [0.1, 0.15) is 0 Å². The van der Waals surface area contributed by atoms with E-state index in [1.807, 2.05) is 23.1 Å². The largest absolute Gasteiger partial charge is 0.335 e. The van der Waals surface area contributed by atoms with Gasteiger partial charge in [-0.15, -0.1) is 6.58 Å². The molecular weight excluding hydrogens is 224 g/mol. The summed E-state index contributed by atoms with van der Waals surface area (Å²) in [6.07, 6.45) is 6.06. The SMILES string of the molecule is C=CC1CC(=O)N(C(c2ccncc2)C(C)C)C1. The highest BCUT2D eigenvalue weighted by Crippen LogP contribution is 2.33. The molecule has 0 aliphatic carbocycles. The molecule has 0 N–H and O–H groups in total. The van der Waals surface area contributed by atoms with Crippen molar-refractivity contribution in [1.29, 1.82) is 0 Å². The number of nitrogens with zero attached hydrogens (tertiary/aromatic N) is 2. The fourth-order valence-electron chi connectivity index (χ4n) is 2.67. The van der Waals surface area contributed by atoms with Crippen molar-refractivity contribution >= 4 is 5.91 Å². The maximum atomic E-state index is 12.1. The number of aromatic nitrogens is 1. The first kappa shape index (κ1) is 12.8. The Labute approximate surface area is 109 Å². The van der Waals surface area contributed by atoms with E-state index >= 15 is 0 Å². The van der Waals surface area contributed by atoms with E-state index in [1.165, 1.54) is 0 Å². The van der Waals surface area contributed by atoms with Crippen LogP contribution in [0.5, 0.6) is 0 Å². The van der Waals surface area contributed by atoms with Crippen LogP contribution in [0.2, 0.25) is 0 Å². The van der Waals surface area contributed by atoms with Crippen molar-refractivity contribution in [3.63, 3.8) is 0 Å². The second-order valence-electron chi connectivity index (χ2n) is 5.22. The van der Waals surface area contributed by atoms with Crippen LogP contribution in [-0.2, 0) is 4.79 Å². The molecule has 96 valence electrons. The second-order valence-corrected chi connectivity index (χ2v) is 5.22. The fraction of sp³-hybridized carbons (Fsp3) is 0.467. The van der Waals surface area contributed by atoms with Gasteiger partial charge in [0.25, 0.3) is 0 Å². The highest BCUT2D eigenvalue weighted by atomic mass is 16.2. The number of hydrogen-bond donors (Lipinski definition) is 0. The third kappa shape index (κ3) is 2.45. The molecule has 2 atom stereocenters. The van der Waals surface area contributed by atoms with Crippen LogP contribution >= 0.6 is 0 Å². The van der Waals surface area contributed by atoms with Crippen molar-refractivity contribution in [2.45, 2.75) is 26.3 Å². The lowest BCUT2D eigenvalue weighted by Gasteiger charge is -2.31. The highest BCUT2D eigenvalue weighted by molar-refractivity contribution is 5.79. The van der Waals surface area contributed by atoms with E-state index in [9.17, 15) is 4.79 Å². The quantitative estimate of drug-likeness (QED) is 0.763. The third-order valence-corrected chi connectivity index (χ3v) is 3.54. The molecule has 1 aliphatic rings. The number of pyridine rings is 1. The molecule has 2 heterocycles. The molecule has 1 aliphatic heterocycles. The first-order valence-corrected chi connectivity index (χ1v) is 6.45. The normalized spacial score (nSPS) is 21.4. The van der Waals surface area contributed by atoms with Gasteiger partial charge in [0.05, 0.1) is 6.04 Å². The lowest BCUT2D eigenvalue weighted by molar-refractivity contribution is -0.130. The Bertz CT molecular complexity index is 427. The maximum absolute atomic E-state index is 12.1. The van der Waals surface area contributed by atoms with Gasteiger partial charge in [-0.1, -0.05) is 19.9 Å². The van der Waals surface area contributed by atoms with Gasteiger partial charge >= 0.3 is 0 Å². The summed E-state index contributed by atoms with van der Waals surface area (Å²) in [5.74, 6) is 0.913. The van der Waals surface area contributed by atoms with Crippen LogP contribution in [0.1, 0.15) is 31.9 Å². The Kier molecular flexibility index (Phi) is 3.80. The molecule has 18 heavy (non-hydrogen) atoms. The van der Waals surface area contributed by atoms with Gasteiger partial charge in [-0.05, 0) is 23.6 Å². The molecule has 2 rings (SSSR count). The molecule has 3 nitrogen and oxygen atoms in total. The maximum Gasteiger partial charge on any atom is 0.223 e. The van der Waals surface area contributed by atoms with Crippen LogP contribution in [0.4, 0.5) is 0 Å². The van der Waals surface area contributed by atoms with Crippen molar-refractivity contribution in [1.82, 2.24) is 9.88 Å². The minimum Gasteiger partial charge on any atom is -0.335 e. The molecule has 2 unspecified atom stereocenters. The van der Waals surface area contributed by atoms with Crippen LogP contribution in [0.25, 0.3) is 0 Å². The second kappa shape index (κ2) is 5.34. The molecule has 1 fully saturated rings. The molecule has 0 radical (unpaired) electrons. The van der Waals surface area contributed by atoms with Gasteiger partial charge in [0.2, 0.25) is 5.91 Å². The zero-order chi connectivity index (χ0) is 13.1. The minimum atomic E-state index is 0.144. The van der Waals surface area contributed by atoms with Crippen LogP contribution < -0.4 is 0 Å². The minimum absolute atomic E-state index is 0.144. The topological polar surface area (TPSA) is 33.2 Å². The molecule has 1 aromatic rings. The predicted octanol–water partition coefficient (Wildman–Crippen LogP) is 2.81. The zero-order valence-corrected chi connectivity index (χ0v) is 11.0. The molecule has 0 spiro atoms. The van der Waals surface area contributed by atoms with Gasteiger partial charge in [-0.25, -0.2) is 0 Å². The number of rotatable bonds is 4. The van der Waals surface area contributed by atoms with Crippen molar-refractivity contribution in [3.8, 4) is 0 Å². The van der Waals surface area contributed by atoms with E-state index in [2.05, 4.69) is 25.4 Å². The number of hydrogen-bond acceptors (Lipinski definition) is 2. The highest BCUT2D eigenvalue weighted by Gasteiger charge is 2.34. The lowest BCUT2D eigenvalue weighted by Crippen LogP contribution is -2.33. The molecular formula is C15H20N2O. The van der Waals surface area contributed by atoms with E-state index in [0.29, 0.717) is 18.3 Å². The summed E-state index contributed by atoms with van der Waals surface area (Å²) < 4.78 is 0. The molecule has 3 heteroatoms. The van der Waals surface area contributed by atoms with Gasteiger partial charge in [-0.2, -0.15) is 0 Å². The average Bonchev–Trinajstić information content (AvgIpc) is 2.72. The number of amides is 1. The van der Waals surface area contributed by atoms with E-state index in [1.54, 1.807) is 12.4 Å². The third-order valence-electron chi connectivity index (χ3n) is 3.54. The predicted molar refractivity (Wildman–Crippen MR) is 71.8 cm³/mol. The summed E-state index contributed by atoms with van der Waals surface area (Å²) in [7, 11) is 0. The Balaban J connectivity index is 2.27. The monoisotopic (exact) mass is 244 g/mol. The first-order chi connectivity index (χ1) is 8.63. The summed E-state index contributed by atoms with van der Waals surface area (Å²) >= 11 is 0. The van der Waals surface area contributed by atoms with Crippen LogP contribution in [0.3, 0.4) is 0 Å². The van der Waals surface area contributed by atoms with Gasteiger partial charge in [0.15, 0.2) is 0 Å².